The summed E-state index contributed by atoms with van der Waals surface area (Å²) >= 11 is 0. The summed E-state index contributed by atoms with van der Waals surface area (Å²) < 4.78 is 0. The molecule has 0 saturated heterocycles. The van der Waals surface area contributed by atoms with Crippen LogP contribution in [-0.4, -0.2) is 27.4 Å². The number of aromatic amines is 2. The fourth-order valence-corrected chi connectivity index (χ4v) is 2.11. The smallest absolute Gasteiger partial charge is 0.251 e. The summed E-state index contributed by atoms with van der Waals surface area (Å²) in [5.74, 6) is 0.555. The summed E-state index contributed by atoms with van der Waals surface area (Å²) in [5.41, 5.74) is 1.95. The van der Waals surface area contributed by atoms with Gasteiger partial charge in [0.25, 0.3) is 5.91 Å². The molecule has 3 N–H and O–H groups in total. The van der Waals surface area contributed by atoms with Gasteiger partial charge in [0.2, 0.25) is 5.56 Å². The monoisotopic (exact) mass is 282 g/mol. The number of rotatable bonds is 4. The van der Waals surface area contributed by atoms with Gasteiger partial charge in [0.05, 0.1) is 11.0 Å². The van der Waals surface area contributed by atoms with Crippen molar-refractivity contribution in [2.75, 3.05) is 6.54 Å². The van der Waals surface area contributed by atoms with Gasteiger partial charge in [0.1, 0.15) is 5.82 Å². The van der Waals surface area contributed by atoms with Gasteiger partial charge < -0.3 is 15.3 Å². The van der Waals surface area contributed by atoms with Gasteiger partial charge in [0, 0.05) is 30.8 Å². The normalized spacial score (nSPS) is 10.7. The van der Waals surface area contributed by atoms with Crippen LogP contribution in [-0.2, 0) is 6.42 Å². The number of nitrogens with one attached hydrogen (secondary N) is 3. The molecule has 0 aliphatic carbocycles. The molecule has 0 aliphatic heterocycles. The zero-order chi connectivity index (χ0) is 14.7. The van der Waals surface area contributed by atoms with E-state index in [1.54, 1.807) is 6.07 Å². The highest BCUT2D eigenvalue weighted by molar-refractivity contribution is 5.93. The predicted molar refractivity (Wildman–Crippen MR) is 79.2 cm³/mol. The number of benzene rings is 1. The minimum atomic E-state index is -0.292. The van der Waals surface area contributed by atoms with E-state index < -0.39 is 0 Å². The van der Waals surface area contributed by atoms with Gasteiger partial charge >= 0.3 is 0 Å². The van der Waals surface area contributed by atoms with Crippen LogP contribution in [0, 0.1) is 0 Å². The lowest BCUT2D eigenvalue weighted by atomic mass is 10.2. The fraction of sp³-hybridized carbons (Fsp3) is 0.133. The second kappa shape index (κ2) is 5.62. The number of carbonyl (C=O) groups excluding carboxylic acids is 1. The Kier molecular flexibility index (Phi) is 3.51. The SMILES string of the molecule is O=C(NCCc1nc2ccccc2[nH]1)c1cc[nH]c(=O)c1. The minimum Gasteiger partial charge on any atom is -0.352 e. The van der Waals surface area contributed by atoms with Crippen molar-refractivity contribution in [2.24, 2.45) is 0 Å². The Balaban J connectivity index is 1.60. The van der Waals surface area contributed by atoms with Crippen LogP contribution in [0.25, 0.3) is 11.0 Å². The van der Waals surface area contributed by atoms with Crippen molar-refractivity contribution in [3.05, 3.63) is 64.3 Å². The zero-order valence-corrected chi connectivity index (χ0v) is 11.2. The third-order valence-electron chi connectivity index (χ3n) is 3.12. The topological polar surface area (TPSA) is 90.6 Å². The van der Waals surface area contributed by atoms with E-state index in [9.17, 15) is 9.59 Å². The second-order valence-electron chi connectivity index (χ2n) is 4.65. The lowest BCUT2D eigenvalue weighted by molar-refractivity contribution is 0.0954. The number of imidazole rings is 1. The summed E-state index contributed by atoms with van der Waals surface area (Å²) in [5, 5.41) is 2.77. The van der Waals surface area contributed by atoms with Gasteiger partial charge in [-0.3, -0.25) is 9.59 Å². The van der Waals surface area contributed by atoms with Crippen LogP contribution >= 0.6 is 0 Å². The maximum Gasteiger partial charge on any atom is 0.251 e. The van der Waals surface area contributed by atoms with Gasteiger partial charge in [0.15, 0.2) is 0 Å². The first-order valence-electron chi connectivity index (χ1n) is 6.63. The van der Waals surface area contributed by atoms with Crippen LogP contribution in [0.4, 0.5) is 0 Å². The van der Waals surface area contributed by atoms with E-state index in [0.717, 1.165) is 16.9 Å². The van der Waals surface area contributed by atoms with Crippen LogP contribution in [0.2, 0.25) is 0 Å². The number of hydrogen-bond donors (Lipinski definition) is 3. The Morgan fingerprint density at radius 2 is 2.10 bits per heavy atom. The third-order valence-corrected chi connectivity index (χ3v) is 3.12. The number of pyridine rings is 1. The number of hydrogen-bond acceptors (Lipinski definition) is 3. The number of nitrogens with zero attached hydrogens (tertiary/aromatic N) is 1. The van der Waals surface area contributed by atoms with Crippen LogP contribution < -0.4 is 10.9 Å². The maximum absolute atomic E-state index is 11.9. The van der Waals surface area contributed by atoms with E-state index >= 15 is 0 Å². The standard InChI is InChI=1S/C15H14N4O2/c20-14-9-10(5-7-16-14)15(21)17-8-6-13-18-11-3-1-2-4-12(11)19-13/h1-5,7,9H,6,8H2,(H,16,20)(H,17,21)(H,18,19). The third kappa shape index (κ3) is 3.00. The average molecular weight is 282 g/mol. The molecule has 6 nitrogen and oxygen atoms in total. The minimum absolute atomic E-state index is 0.266. The number of carbonyl (C=O) groups is 1. The zero-order valence-electron chi connectivity index (χ0n) is 11.2. The molecule has 0 bridgehead atoms. The molecule has 1 aromatic carbocycles. The van der Waals surface area contributed by atoms with Crippen molar-refractivity contribution in [1.82, 2.24) is 20.3 Å². The van der Waals surface area contributed by atoms with Crippen LogP contribution in [0.1, 0.15) is 16.2 Å². The first-order chi connectivity index (χ1) is 10.2. The van der Waals surface area contributed by atoms with E-state index in [2.05, 4.69) is 20.3 Å². The summed E-state index contributed by atoms with van der Waals surface area (Å²) in [6, 6.07) is 10.6. The molecule has 0 unspecified atom stereocenters. The largest absolute Gasteiger partial charge is 0.352 e. The molecule has 0 spiro atoms. The molecule has 106 valence electrons. The van der Waals surface area contributed by atoms with E-state index in [1.165, 1.54) is 12.3 Å². The molecule has 0 radical (unpaired) electrons. The number of fused-ring (bicyclic) bond motifs is 1. The molecule has 2 heterocycles. The molecule has 2 aromatic heterocycles. The number of amides is 1. The number of H-pyrrole nitrogens is 2. The molecule has 1 amide bonds. The first-order valence-corrected chi connectivity index (χ1v) is 6.63. The molecule has 0 aliphatic rings. The maximum atomic E-state index is 11.9. The molecular formula is C15H14N4O2. The van der Waals surface area contributed by atoms with Crippen LogP contribution in [0.3, 0.4) is 0 Å². The van der Waals surface area contributed by atoms with E-state index in [4.69, 9.17) is 0 Å². The van der Waals surface area contributed by atoms with E-state index in [1.807, 2.05) is 24.3 Å². The molecule has 6 heteroatoms. The molecule has 0 saturated carbocycles. The molecule has 3 rings (SSSR count). The highest BCUT2D eigenvalue weighted by Gasteiger charge is 2.06. The van der Waals surface area contributed by atoms with Crippen molar-refractivity contribution in [3.8, 4) is 0 Å². The Morgan fingerprint density at radius 1 is 1.24 bits per heavy atom. The predicted octanol–water partition coefficient (Wildman–Crippen LogP) is 1.22. The van der Waals surface area contributed by atoms with Crippen LogP contribution in [0.5, 0.6) is 0 Å². The molecule has 0 fully saturated rings. The first kappa shape index (κ1) is 13.1. The quantitative estimate of drug-likeness (QED) is 0.672. The summed E-state index contributed by atoms with van der Waals surface area (Å²) in [6.45, 7) is 0.450. The molecule has 0 atom stereocenters. The number of para-hydroxylation sites is 2. The summed E-state index contributed by atoms with van der Waals surface area (Å²) in [4.78, 5) is 33.1. The van der Waals surface area contributed by atoms with Crippen molar-refractivity contribution in [3.63, 3.8) is 0 Å². The van der Waals surface area contributed by atoms with Crippen LogP contribution in [0.15, 0.2) is 47.4 Å². The van der Waals surface area contributed by atoms with Gasteiger partial charge in [-0.15, -0.1) is 0 Å². The molecule has 3 aromatic rings. The molecule has 21 heavy (non-hydrogen) atoms. The van der Waals surface area contributed by atoms with Gasteiger partial charge in [-0.1, -0.05) is 12.1 Å². The highest BCUT2D eigenvalue weighted by Crippen LogP contribution is 2.10. The van der Waals surface area contributed by atoms with Crippen molar-refractivity contribution in [2.45, 2.75) is 6.42 Å². The second-order valence-corrected chi connectivity index (χ2v) is 4.65. The van der Waals surface area contributed by atoms with Crippen molar-refractivity contribution in [1.29, 1.82) is 0 Å². The van der Waals surface area contributed by atoms with E-state index in [-0.39, 0.29) is 11.5 Å². The Bertz CT molecular complexity index is 802. The van der Waals surface area contributed by atoms with Gasteiger partial charge in [-0.2, -0.15) is 0 Å². The Hall–Kier alpha value is -2.89. The van der Waals surface area contributed by atoms with Crippen molar-refractivity contribution >= 4 is 16.9 Å². The highest BCUT2D eigenvalue weighted by atomic mass is 16.2. The number of aromatic nitrogens is 3. The molecular weight excluding hydrogens is 268 g/mol. The summed E-state index contributed by atoms with van der Waals surface area (Å²) in [6.07, 6.45) is 2.06. The Labute approximate surface area is 120 Å². The van der Waals surface area contributed by atoms with Crippen molar-refractivity contribution < 1.29 is 4.79 Å². The Morgan fingerprint density at radius 3 is 2.90 bits per heavy atom. The lowest BCUT2D eigenvalue weighted by Crippen LogP contribution is -2.27. The lowest BCUT2D eigenvalue weighted by Gasteiger charge is -2.03. The average Bonchev–Trinajstić information content (AvgIpc) is 2.89. The van der Waals surface area contributed by atoms with Gasteiger partial charge in [-0.05, 0) is 18.2 Å². The van der Waals surface area contributed by atoms with E-state index in [0.29, 0.717) is 18.5 Å². The fourth-order valence-electron chi connectivity index (χ4n) is 2.11. The summed E-state index contributed by atoms with van der Waals surface area (Å²) in [7, 11) is 0. The van der Waals surface area contributed by atoms with Gasteiger partial charge in [-0.25, -0.2) is 4.98 Å².